The van der Waals surface area contributed by atoms with Gasteiger partial charge in [-0.1, -0.05) is 6.07 Å². The van der Waals surface area contributed by atoms with Crippen LogP contribution in [0.15, 0.2) is 46.9 Å². The van der Waals surface area contributed by atoms with E-state index in [0.29, 0.717) is 30.6 Å². The Bertz CT molecular complexity index is 1270. The van der Waals surface area contributed by atoms with E-state index in [9.17, 15) is 4.79 Å². The van der Waals surface area contributed by atoms with Crippen molar-refractivity contribution in [1.29, 1.82) is 0 Å². The summed E-state index contributed by atoms with van der Waals surface area (Å²) in [6.45, 7) is 1.19. The van der Waals surface area contributed by atoms with Crippen molar-refractivity contribution in [3.63, 3.8) is 0 Å². The lowest BCUT2D eigenvalue weighted by molar-refractivity contribution is -0.121. The van der Waals surface area contributed by atoms with Crippen molar-refractivity contribution in [1.82, 2.24) is 24.9 Å². The lowest BCUT2D eigenvalue weighted by atomic mass is 10.2. The zero-order valence-electron chi connectivity index (χ0n) is 16.6. The van der Waals surface area contributed by atoms with Crippen LogP contribution in [0.3, 0.4) is 0 Å². The number of amides is 1. The highest BCUT2D eigenvalue weighted by Crippen LogP contribution is 2.29. The number of nitrogens with zero attached hydrogens (tertiary/aromatic N) is 4. The molecular weight excluding hydrogens is 464 g/mol. The van der Waals surface area contributed by atoms with Gasteiger partial charge < -0.3 is 20.1 Å². The van der Waals surface area contributed by atoms with Gasteiger partial charge in [-0.25, -0.2) is 9.97 Å². The molecule has 2 aromatic carbocycles. The Kier molecular flexibility index (Phi) is 5.16. The Morgan fingerprint density at radius 3 is 2.87 bits per heavy atom. The molecule has 5 rings (SSSR count). The Balaban J connectivity index is 1.66. The number of fused-ring (bicyclic) bond motifs is 3. The van der Waals surface area contributed by atoms with Crippen molar-refractivity contribution in [3.8, 4) is 17.1 Å². The molecule has 2 aromatic heterocycles. The Morgan fingerprint density at radius 1 is 1.23 bits per heavy atom. The quantitative estimate of drug-likeness (QED) is 0.460. The average Bonchev–Trinajstić information content (AvgIpc) is 3.15. The number of hydrogen-bond acceptors (Lipinski definition) is 7. The van der Waals surface area contributed by atoms with Gasteiger partial charge in [0.05, 0.1) is 25.8 Å². The predicted octanol–water partition coefficient (Wildman–Crippen LogP) is 2.64. The van der Waals surface area contributed by atoms with Crippen LogP contribution in [0.1, 0.15) is 0 Å². The lowest BCUT2D eigenvalue weighted by Gasteiger charge is -2.16. The van der Waals surface area contributed by atoms with Crippen LogP contribution in [0.5, 0.6) is 5.75 Å². The lowest BCUT2D eigenvalue weighted by Crippen LogP contribution is -2.41. The molecule has 0 aliphatic carbocycles. The molecule has 0 bridgehead atoms. The summed E-state index contributed by atoms with van der Waals surface area (Å²) in [5.41, 5.74) is 2.20. The number of anilines is 1. The van der Waals surface area contributed by atoms with Gasteiger partial charge in [-0.05, 0) is 52.3 Å². The highest BCUT2D eigenvalue weighted by atomic mass is 79.9. The maximum atomic E-state index is 12.4. The fraction of sp³-hybridized carbons (Fsp3) is 0.238. The molecule has 31 heavy (non-hydrogen) atoms. The molecule has 1 fully saturated rings. The van der Waals surface area contributed by atoms with Crippen molar-refractivity contribution < 1.29 is 14.3 Å². The van der Waals surface area contributed by atoms with Gasteiger partial charge >= 0.3 is 0 Å². The summed E-state index contributed by atoms with van der Waals surface area (Å²) in [6.07, 6.45) is 0. The minimum absolute atomic E-state index is 0.143. The summed E-state index contributed by atoms with van der Waals surface area (Å²) >= 11 is 3.57. The molecule has 0 radical (unpaired) electrons. The minimum atomic E-state index is -0.591. The third-order valence-electron chi connectivity index (χ3n) is 5.05. The second-order valence-corrected chi connectivity index (χ2v) is 7.89. The molecule has 9 nitrogen and oxygen atoms in total. The molecule has 4 aromatic rings. The summed E-state index contributed by atoms with van der Waals surface area (Å²) in [4.78, 5) is 21.9. The molecule has 0 spiro atoms. The maximum absolute atomic E-state index is 12.4. The molecule has 3 heterocycles. The Hall–Kier alpha value is -3.24. The first-order valence-corrected chi connectivity index (χ1v) is 10.5. The van der Waals surface area contributed by atoms with E-state index < -0.39 is 6.04 Å². The van der Waals surface area contributed by atoms with E-state index in [2.05, 4.69) is 31.7 Å². The van der Waals surface area contributed by atoms with Crippen molar-refractivity contribution in [2.75, 3.05) is 32.2 Å². The second-order valence-electron chi connectivity index (χ2n) is 7.03. The SMILES string of the molecule is COc1ccc(-c2nc3c4cccc(Br)c4nc(N[C@@H]4COCCNC4=O)n3n2)cc1. The number of carbonyl (C=O) groups is 1. The largest absolute Gasteiger partial charge is 0.497 e. The second kappa shape index (κ2) is 8.12. The molecule has 2 N–H and O–H groups in total. The molecule has 1 saturated heterocycles. The number of methoxy groups -OCH3 is 1. The van der Waals surface area contributed by atoms with Gasteiger partial charge in [-0.3, -0.25) is 4.79 Å². The van der Waals surface area contributed by atoms with Crippen LogP contribution in [-0.2, 0) is 9.53 Å². The van der Waals surface area contributed by atoms with Crippen LogP contribution >= 0.6 is 15.9 Å². The third kappa shape index (κ3) is 3.68. The van der Waals surface area contributed by atoms with E-state index in [1.807, 2.05) is 42.5 Å². The zero-order chi connectivity index (χ0) is 21.4. The van der Waals surface area contributed by atoms with Crippen molar-refractivity contribution >= 4 is 44.3 Å². The van der Waals surface area contributed by atoms with Crippen molar-refractivity contribution in [2.45, 2.75) is 6.04 Å². The molecule has 1 aliphatic rings. The topological polar surface area (TPSA) is 103 Å². The summed E-state index contributed by atoms with van der Waals surface area (Å²) in [7, 11) is 1.62. The van der Waals surface area contributed by atoms with Crippen LogP contribution in [0.4, 0.5) is 5.95 Å². The molecule has 10 heteroatoms. The van der Waals surface area contributed by atoms with E-state index >= 15 is 0 Å². The van der Waals surface area contributed by atoms with Crippen molar-refractivity contribution in [3.05, 3.63) is 46.9 Å². The fourth-order valence-electron chi connectivity index (χ4n) is 3.46. The first-order chi connectivity index (χ1) is 15.1. The minimum Gasteiger partial charge on any atom is -0.497 e. The summed E-state index contributed by atoms with van der Waals surface area (Å²) < 4.78 is 13.2. The van der Waals surface area contributed by atoms with Crippen LogP contribution in [0.2, 0.25) is 0 Å². The highest BCUT2D eigenvalue weighted by molar-refractivity contribution is 9.10. The van der Waals surface area contributed by atoms with Crippen LogP contribution < -0.4 is 15.4 Å². The van der Waals surface area contributed by atoms with E-state index in [1.165, 1.54) is 0 Å². The number of para-hydroxylation sites is 1. The summed E-state index contributed by atoms with van der Waals surface area (Å²) in [6, 6.07) is 12.7. The predicted molar refractivity (Wildman–Crippen MR) is 119 cm³/mol. The van der Waals surface area contributed by atoms with E-state index in [4.69, 9.17) is 19.4 Å². The van der Waals surface area contributed by atoms with Crippen molar-refractivity contribution in [2.24, 2.45) is 0 Å². The first-order valence-electron chi connectivity index (χ1n) is 9.75. The smallest absolute Gasteiger partial charge is 0.245 e. The summed E-state index contributed by atoms with van der Waals surface area (Å²) in [5.74, 6) is 1.56. The molecular formula is C21H19BrN6O3. The monoisotopic (exact) mass is 482 g/mol. The molecule has 1 aliphatic heterocycles. The van der Waals surface area contributed by atoms with Gasteiger partial charge in [0.15, 0.2) is 11.5 Å². The summed E-state index contributed by atoms with van der Waals surface area (Å²) in [5, 5.41) is 11.5. The Labute approximate surface area is 185 Å². The standard InChI is InChI=1S/C21H19BrN6O3/c1-30-13-7-5-12(6-8-13)18-26-19-14-3-2-4-15(22)17(14)25-21(28(19)27-18)24-16-11-31-10-9-23-20(16)29/h2-8,16H,9-11H2,1H3,(H,23,29)(H,24,25)/t16-/m1/s1. The third-order valence-corrected chi connectivity index (χ3v) is 5.69. The van der Waals surface area contributed by atoms with Crippen LogP contribution in [-0.4, -0.2) is 58.4 Å². The number of carbonyl (C=O) groups excluding carboxylic acids is 1. The number of benzene rings is 2. The van der Waals surface area contributed by atoms with Gasteiger partial charge in [-0.2, -0.15) is 4.52 Å². The average molecular weight is 483 g/mol. The normalized spacial score (nSPS) is 16.8. The number of halogens is 1. The maximum Gasteiger partial charge on any atom is 0.245 e. The number of rotatable bonds is 4. The zero-order valence-corrected chi connectivity index (χ0v) is 18.2. The molecule has 158 valence electrons. The Morgan fingerprint density at radius 2 is 2.06 bits per heavy atom. The van der Waals surface area contributed by atoms with Crippen LogP contribution in [0.25, 0.3) is 27.9 Å². The molecule has 0 unspecified atom stereocenters. The number of ether oxygens (including phenoxy) is 2. The number of aromatic nitrogens is 4. The van der Waals surface area contributed by atoms with E-state index in [0.717, 1.165) is 26.7 Å². The fourth-order valence-corrected chi connectivity index (χ4v) is 3.92. The van der Waals surface area contributed by atoms with E-state index in [-0.39, 0.29) is 12.5 Å². The van der Waals surface area contributed by atoms with E-state index in [1.54, 1.807) is 11.6 Å². The van der Waals surface area contributed by atoms with Crippen LogP contribution in [0, 0.1) is 0 Å². The highest BCUT2D eigenvalue weighted by Gasteiger charge is 2.24. The van der Waals surface area contributed by atoms with Gasteiger partial charge in [0.1, 0.15) is 11.8 Å². The molecule has 1 amide bonds. The van der Waals surface area contributed by atoms with Gasteiger partial charge in [0, 0.05) is 22.0 Å². The number of nitrogens with one attached hydrogen (secondary N) is 2. The molecule has 0 saturated carbocycles. The van der Waals surface area contributed by atoms with Gasteiger partial charge in [0.25, 0.3) is 0 Å². The van der Waals surface area contributed by atoms with Gasteiger partial charge in [-0.15, -0.1) is 5.10 Å². The number of hydrogen-bond donors (Lipinski definition) is 2. The van der Waals surface area contributed by atoms with Gasteiger partial charge in [0.2, 0.25) is 11.9 Å². The first kappa shape index (κ1) is 19.7. The molecule has 1 atom stereocenters.